The van der Waals surface area contributed by atoms with Gasteiger partial charge in [-0.05, 0) is 54.4 Å². The lowest BCUT2D eigenvalue weighted by atomic mass is 10.1. The lowest BCUT2D eigenvalue weighted by Crippen LogP contribution is -2.30. The minimum atomic E-state index is -3.98. The van der Waals surface area contributed by atoms with Gasteiger partial charge in [-0.3, -0.25) is 15.1 Å². The summed E-state index contributed by atoms with van der Waals surface area (Å²) in [5.41, 5.74) is 1.57. The van der Waals surface area contributed by atoms with E-state index in [1.54, 1.807) is 55.7 Å². The van der Waals surface area contributed by atoms with E-state index in [0.717, 1.165) is 17.7 Å². The molecule has 0 atom stereocenters. The first-order valence-corrected chi connectivity index (χ1v) is 11.1. The highest BCUT2D eigenvalue weighted by molar-refractivity contribution is 7.89. The van der Waals surface area contributed by atoms with Crippen LogP contribution in [0.2, 0.25) is 0 Å². The van der Waals surface area contributed by atoms with Crippen molar-refractivity contribution in [1.82, 2.24) is 9.29 Å². The van der Waals surface area contributed by atoms with Crippen molar-refractivity contribution in [1.29, 1.82) is 0 Å². The van der Waals surface area contributed by atoms with Gasteiger partial charge in [-0.2, -0.15) is 4.31 Å². The van der Waals surface area contributed by atoms with Gasteiger partial charge in [-0.25, -0.2) is 13.2 Å². The first-order valence-electron chi connectivity index (χ1n) is 9.71. The molecule has 1 aromatic heterocycles. The second-order valence-electron chi connectivity index (χ2n) is 6.80. The number of rotatable bonds is 9. The summed E-state index contributed by atoms with van der Waals surface area (Å²) in [6.45, 7) is 2.08. The van der Waals surface area contributed by atoms with Crippen LogP contribution in [0.25, 0.3) is 0 Å². The van der Waals surface area contributed by atoms with E-state index in [9.17, 15) is 23.3 Å². The molecule has 0 saturated carbocycles. The number of hydrogen-bond donors (Lipinski definition) is 0. The Labute approximate surface area is 185 Å². The summed E-state index contributed by atoms with van der Waals surface area (Å²) in [7, 11) is -3.98. The average Bonchev–Trinajstić information content (AvgIpc) is 2.80. The van der Waals surface area contributed by atoms with Crippen LogP contribution in [0.4, 0.5) is 5.69 Å². The maximum atomic E-state index is 13.3. The summed E-state index contributed by atoms with van der Waals surface area (Å²) in [6.07, 6.45) is 3.14. The number of ether oxygens (including phenoxy) is 1. The van der Waals surface area contributed by atoms with Crippen molar-refractivity contribution in [3.63, 3.8) is 0 Å². The Bertz CT molecular complexity index is 1180. The van der Waals surface area contributed by atoms with E-state index in [2.05, 4.69) is 4.98 Å². The Morgan fingerprint density at radius 2 is 1.53 bits per heavy atom. The fraction of sp³-hybridized carbons (Fsp3) is 0.182. The van der Waals surface area contributed by atoms with Crippen LogP contribution in [0, 0.1) is 10.1 Å². The molecule has 9 nitrogen and oxygen atoms in total. The predicted molar refractivity (Wildman–Crippen MR) is 116 cm³/mol. The van der Waals surface area contributed by atoms with Gasteiger partial charge in [0.2, 0.25) is 10.0 Å². The van der Waals surface area contributed by atoms with Crippen LogP contribution in [0.1, 0.15) is 28.4 Å². The Morgan fingerprint density at radius 3 is 2.06 bits per heavy atom. The number of aromatic nitrogens is 1. The number of non-ortho nitro benzene ring substituents is 1. The number of nitro groups is 1. The largest absolute Gasteiger partial charge is 0.462 e. The molecule has 0 unspecified atom stereocenters. The molecule has 32 heavy (non-hydrogen) atoms. The molecule has 3 aromatic rings. The molecule has 10 heteroatoms. The summed E-state index contributed by atoms with van der Waals surface area (Å²) in [4.78, 5) is 26.1. The van der Waals surface area contributed by atoms with Crippen molar-refractivity contribution in [3.05, 3.63) is 99.9 Å². The minimum absolute atomic E-state index is 0.0325. The fourth-order valence-corrected chi connectivity index (χ4v) is 4.39. The van der Waals surface area contributed by atoms with Gasteiger partial charge in [0.05, 0.1) is 22.0 Å². The van der Waals surface area contributed by atoms with Crippen molar-refractivity contribution in [2.24, 2.45) is 0 Å². The predicted octanol–water partition coefficient (Wildman–Crippen LogP) is 3.56. The van der Waals surface area contributed by atoms with E-state index in [0.29, 0.717) is 11.1 Å². The van der Waals surface area contributed by atoms with E-state index in [4.69, 9.17) is 4.74 Å². The smallest absolute Gasteiger partial charge is 0.338 e. The Morgan fingerprint density at radius 1 is 0.969 bits per heavy atom. The molecule has 0 radical (unpaired) electrons. The third kappa shape index (κ3) is 5.54. The van der Waals surface area contributed by atoms with E-state index in [-0.39, 0.29) is 30.3 Å². The fourth-order valence-electron chi connectivity index (χ4n) is 2.97. The second kappa shape index (κ2) is 10.1. The van der Waals surface area contributed by atoms with Crippen LogP contribution in [0.5, 0.6) is 0 Å². The molecule has 0 amide bonds. The van der Waals surface area contributed by atoms with Crippen molar-refractivity contribution >= 4 is 21.7 Å². The van der Waals surface area contributed by atoms with Crippen LogP contribution in [-0.4, -0.2) is 35.2 Å². The number of carbonyl (C=O) groups is 1. The lowest BCUT2D eigenvalue weighted by Gasteiger charge is -2.22. The minimum Gasteiger partial charge on any atom is -0.462 e. The molecule has 0 aliphatic carbocycles. The monoisotopic (exact) mass is 455 g/mol. The zero-order valence-electron chi connectivity index (χ0n) is 17.2. The van der Waals surface area contributed by atoms with Crippen LogP contribution in [0.3, 0.4) is 0 Å². The van der Waals surface area contributed by atoms with E-state index >= 15 is 0 Å². The molecule has 1 heterocycles. The summed E-state index contributed by atoms with van der Waals surface area (Å²) < 4.78 is 32.9. The number of hydrogen-bond acceptors (Lipinski definition) is 7. The molecule has 0 bridgehead atoms. The number of sulfonamides is 1. The number of carbonyl (C=O) groups excluding carboxylic acids is 1. The van der Waals surface area contributed by atoms with Crippen LogP contribution >= 0.6 is 0 Å². The van der Waals surface area contributed by atoms with Gasteiger partial charge in [0.1, 0.15) is 0 Å². The normalized spacial score (nSPS) is 11.3. The maximum Gasteiger partial charge on any atom is 0.338 e. The van der Waals surface area contributed by atoms with Gasteiger partial charge in [0.15, 0.2) is 0 Å². The Balaban J connectivity index is 1.91. The number of nitro benzene ring substituents is 1. The molecular formula is C22H21N3O6S. The number of esters is 1. The topological polar surface area (TPSA) is 120 Å². The SMILES string of the molecule is CCOC(=O)c1ccc(CN(Cc2ccncc2)S(=O)(=O)c2ccc([N+](=O)[O-])cc2)cc1. The number of nitrogens with zero attached hydrogens (tertiary/aromatic N) is 3. The first kappa shape index (κ1) is 23.0. The van der Waals surface area contributed by atoms with Crippen LogP contribution in [-0.2, 0) is 27.8 Å². The Hall–Kier alpha value is -3.63. The molecule has 0 aliphatic heterocycles. The maximum absolute atomic E-state index is 13.3. The van der Waals surface area contributed by atoms with E-state index in [1.807, 2.05) is 0 Å². The summed E-state index contributed by atoms with van der Waals surface area (Å²) in [5, 5.41) is 10.9. The van der Waals surface area contributed by atoms with Gasteiger partial charge in [0.25, 0.3) is 5.69 Å². The molecule has 0 N–H and O–H groups in total. The summed E-state index contributed by atoms with van der Waals surface area (Å²) in [5.74, 6) is -0.453. The highest BCUT2D eigenvalue weighted by Crippen LogP contribution is 2.23. The average molecular weight is 455 g/mol. The van der Waals surface area contributed by atoms with Gasteiger partial charge in [-0.1, -0.05) is 12.1 Å². The standard InChI is InChI=1S/C22H21N3O6S/c1-2-31-22(26)19-5-3-17(4-6-19)15-24(16-18-11-13-23-14-12-18)32(29,30)21-9-7-20(8-10-21)25(27)28/h3-14H,2,15-16H2,1H3. The van der Waals surface area contributed by atoms with Crippen LogP contribution in [0.15, 0.2) is 78.0 Å². The van der Waals surface area contributed by atoms with Gasteiger partial charge in [-0.15, -0.1) is 0 Å². The van der Waals surface area contributed by atoms with Gasteiger partial charge in [0, 0.05) is 37.6 Å². The molecule has 0 saturated heterocycles. The molecule has 3 rings (SSSR count). The zero-order valence-corrected chi connectivity index (χ0v) is 18.1. The highest BCUT2D eigenvalue weighted by Gasteiger charge is 2.26. The number of benzene rings is 2. The van der Waals surface area contributed by atoms with Crippen LogP contribution < -0.4 is 0 Å². The molecular weight excluding hydrogens is 434 g/mol. The lowest BCUT2D eigenvalue weighted by molar-refractivity contribution is -0.384. The zero-order chi connectivity index (χ0) is 23.1. The number of pyridine rings is 1. The third-order valence-electron chi connectivity index (χ3n) is 4.62. The highest BCUT2D eigenvalue weighted by atomic mass is 32.2. The first-order chi connectivity index (χ1) is 15.3. The Kier molecular flexibility index (Phi) is 7.29. The van der Waals surface area contributed by atoms with Crippen molar-refractivity contribution in [2.45, 2.75) is 24.9 Å². The van der Waals surface area contributed by atoms with Crippen molar-refractivity contribution in [2.75, 3.05) is 6.61 Å². The van der Waals surface area contributed by atoms with Gasteiger partial charge < -0.3 is 4.74 Å². The van der Waals surface area contributed by atoms with E-state index < -0.39 is 20.9 Å². The molecule has 0 spiro atoms. The second-order valence-corrected chi connectivity index (χ2v) is 8.73. The molecule has 0 aliphatic rings. The summed E-state index contributed by atoms with van der Waals surface area (Å²) in [6, 6.07) is 14.7. The van der Waals surface area contributed by atoms with Crippen molar-refractivity contribution in [3.8, 4) is 0 Å². The van der Waals surface area contributed by atoms with Crippen molar-refractivity contribution < 1.29 is 22.9 Å². The quantitative estimate of drug-likeness (QED) is 0.275. The third-order valence-corrected chi connectivity index (χ3v) is 6.42. The van der Waals surface area contributed by atoms with Gasteiger partial charge >= 0.3 is 5.97 Å². The summed E-state index contributed by atoms with van der Waals surface area (Å²) >= 11 is 0. The van der Waals surface area contributed by atoms with E-state index in [1.165, 1.54) is 16.4 Å². The molecule has 166 valence electrons. The molecule has 0 fully saturated rings. The molecule has 2 aromatic carbocycles.